The van der Waals surface area contributed by atoms with E-state index in [4.69, 9.17) is 5.11 Å². The molecule has 0 amide bonds. The minimum atomic E-state index is -4.88. The molecule has 128 valence electrons. The van der Waals surface area contributed by atoms with E-state index in [1.807, 2.05) is 0 Å². The Bertz CT molecular complexity index is 767. The van der Waals surface area contributed by atoms with Gasteiger partial charge in [0.2, 0.25) is 0 Å². The van der Waals surface area contributed by atoms with Crippen molar-refractivity contribution in [1.82, 2.24) is 4.98 Å². The number of pyridine rings is 1. The topological polar surface area (TPSA) is 50.2 Å². The van der Waals surface area contributed by atoms with Gasteiger partial charge in [-0.05, 0) is 23.8 Å². The first kappa shape index (κ1) is 17.8. The molecule has 9 heteroatoms. The third-order valence-electron chi connectivity index (χ3n) is 3.12. The highest BCUT2D eigenvalue weighted by Crippen LogP contribution is 2.36. The Hall–Kier alpha value is -2.58. The molecule has 2 aromatic rings. The number of rotatable bonds is 3. The molecule has 1 aromatic heterocycles. The molecule has 3 nitrogen and oxygen atoms in total. The maximum atomic E-state index is 13.1. The van der Waals surface area contributed by atoms with Gasteiger partial charge in [-0.1, -0.05) is 12.1 Å². The Balaban J connectivity index is 2.55. The van der Waals surface area contributed by atoms with Crippen LogP contribution in [0.4, 0.5) is 26.3 Å². The van der Waals surface area contributed by atoms with Crippen molar-refractivity contribution in [3.63, 3.8) is 0 Å². The van der Waals surface area contributed by atoms with Crippen LogP contribution in [0.3, 0.4) is 0 Å². The van der Waals surface area contributed by atoms with Gasteiger partial charge in [-0.3, -0.25) is 9.78 Å². The van der Waals surface area contributed by atoms with Gasteiger partial charge in [-0.2, -0.15) is 26.3 Å². The molecule has 2 rings (SSSR count). The van der Waals surface area contributed by atoms with Gasteiger partial charge < -0.3 is 5.11 Å². The molecular weight excluding hydrogens is 340 g/mol. The van der Waals surface area contributed by atoms with Crippen LogP contribution in [0, 0.1) is 0 Å². The summed E-state index contributed by atoms with van der Waals surface area (Å²) in [7, 11) is 0. The fourth-order valence-corrected chi connectivity index (χ4v) is 2.06. The second-order valence-electron chi connectivity index (χ2n) is 4.87. The van der Waals surface area contributed by atoms with E-state index in [-0.39, 0.29) is 11.1 Å². The van der Waals surface area contributed by atoms with Crippen molar-refractivity contribution in [2.24, 2.45) is 0 Å². The number of benzene rings is 1. The van der Waals surface area contributed by atoms with E-state index in [1.165, 1.54) is 6.07 Å². The average molecular weight is 349 g/mol. The lowest BCUT2D eigenvalue weighted by atomic mass is 10.0. The van der Waals surface area contributed by atoms with Crippen molar-refractivity contribution in [3.8, 4) is 11.1 Å². The smallest absolute Gasteiger partial charge is 0.418 e. The number of carboxylic acid groups (broad SMARTS) is 1. The second kappa shape index (κ2) is 6.14. The number of halogens is 6. The molecule has 0 aliphatic carbocycles. The average Bonchev–Trinajstić information content (AvgIpc) is 2.45. The number of aromatic nitrogens is 1. The van der Waals surface area contributed by atoms with Gasteiger partial charge in [0.25, 0.3) is 0 Å². The molecule has 0 aliphatic rings. The highest BCUT2D eigenvalue weighted by Gasteiger charge is 2.35. The number of nitrogens with zero attached hydrogens (tertiary/aromatic N) is 1. The summed E-state index contributed by atoms with van der Waals surface area (Å²) in [5.41, 5.74) is -3.30. The number of carboxylic acids is 1. The Morgan fingerprint density at radius 3 is 2.21 bits per heavy atom. The van der Waals surface area contributed by atoms with E-state index in [0.717, 1.165) is 18.3 Å². The summed E-state index contributed by atoms with van der Waals surface area (Å²) in [6, 6.07) is 4.37. The third-order valence-corrected chi connectivity index (χ3v) is 3.12. The quantitative estimate of drug-likeness (QED) is 0.835. The highest BCUT2D eigenvalue weighted by molar-refractivity contribution is 5.71. The molecule has 0 bridgehead atoms. The minimum Gasteiger partial charge on any atom is -0.481 e. The van der Waals surface area contributed by atoms with E-state index < -0.39 is 41.6 Å². The van der Waals surface area contributed by atoms with Crippen LogP contribution in [0.2, 0.25) is 0 Å². The van der Waals surface area contributed by atoms with Gasteiger partial charge in [-0.25, -0.2) is 0 Å². The zero-order valence-corrected chi connectivity index (χ0v) is 11.7. The van der Waals surface area contributed by atoms with E-state index in [9.17, 15) is 31.1 Å². The van der Waals surface area contributed by atoms with Gasteiger partial charge in [-0.15, -0.1) is 0 Å². The van der Waals surface area contributed by atoms with Gasteiger partial charge in [0.05, 0.1) is 23.2 Å². The largest absolute Gasteiger partial charge is 0.481 e. The molecule has 0 aliphatic heterocycles. The maximum Gasteiger partial charge on any atom is 0.418 e. The predicted molar refractivity (Wildman–Crippen MR) is 71.0 cm³/mol. The van der Waals surface area contributed by atoms with E-state index in [1.54, 1.807) is 0 Å². The molecule has 1 N–H and O–H groups in total. The van der Waals surface area contributed by atoms with Gasteiger partial charge in [0, 0.05) is 11.8 Å². The van der Waals surface area contributed by atoms with Crippen LogP contribution in [0.1, 0.15) is 16.8 Å². The van der Waals surface area contributed by atoms with Crippen molar-refractivity contribution >= 4 is 5.97 Å². The van der Waals surface area contributed by atoms with Crippen molar-refractivity contribution in [2.45, 2.75) is 18.8 Å². The van der Waals surface area contributed by atoms with Crippen molar-refractivity contribution in [1.29, 1.82) is 0 Å². The van der Waals surface area contributed by atoms with Gasteiger partial charge in [0.1, 0.15) is 0 Å². The monoisotopic (exact) mass is 349 g/mol. The van der Waals surface area contributed by atoms with Crippen LogP contribution in [0.25, 0.3) is 11.1 Å². The number of carbonyl (C=O) groups is 1. The Morgan fingerprint density at radius 2 is 1.67 bits per heavy atom. The molecule has 1 aromatic carbocycles. The van der Waals surface area contributed by atoms with Crippen LogP contribution in [-0.4, -0.2) is 16.1 Å². The molecule has 1 heterocycles. The van der Waals surface area contributed by atoms with Crippen LogP contribution in [-0.2, 0) is 23.6 Å². The fourth-order valence-electron chi connectivity index (χ4n) is 2.06. The molecule has 0 spiro atoms. The molecule has 0 unspecified atom stereocenters. The van der Waals surface area contributed by atoms with E-state index in [0.29, 0.717) is 12.1 Å². The lowest BCUT2D eigenvalue weighted by molar-refractivity contribution is -0.140. The zero-order chi connectivity index (χ0) is 18.1. The number of hydrogen-bond acceptors (Lipinski definition) is 2. The Kier molecular flexibility index (Phi) is 4.54. The molecule has 24 heavy (non-hydrogen) atoms. The second-order valence-corrected chi connectivity index (χ2v) is 4.87. The summed E-state index contributed by atoms with van der Waals surface area (Å²) in [6.07, 6.45) is -9.55. The summed E-state index contributed by atoms with van der Waals surface area (Å²) in [4.78, 5) is 14.1. The first-order valence-corrected chi connectivity index (χ1v) is 6.44. The van der Waals surface area contributed by atoms with Crippen LogP contribution in [0.5, 0.6) is 0 Å². The summed E-state index contributed by atoms with van der Waals surface area (Å²) in [6.45, 7) is 0. The van der Waals surface area contributed by atoms with E-state index in [2.05, 4.69) is 4.98 Å². The molecule has 0 atom stereocenters. The third kappa shape index (κ3) is 4.03. The number of aliphatic carboxylic acids is 1. The van der Waals surface area contributed by atoms with Crippen molar-refractivity contribution < 1.29 is 36.2 Å². The number of alkyl halides is 6. The molecular formula is C15H9F6NO2. The van der Waals surface area contributed by atoms with Crippen LogP contribution in [0.15, 0.2) is 36.5 Å². The normalized spacial score (nSPS) is 12.2. The number of hydrogen-bond donors (Lipinski definition) is 1. The highest BCUT2D eigenvalue weighted by atomic mass is 19.4. The molecule has 0 fully saturated rings. The van der Waals surface area contributed by atoms with Crippen LogP contribution < -0.4 is 0 Å². The lowest BCUT2D eigenvalue weighted by Crippen LogP contribution is -2.14. The van der Waals surface area contributed by atoms with Gasteiger partial charge in [0.15, 0.2) is 0 Å². The molecule has 0 saturated heterocycles. The minimum absolute atomic E-state index is 0.107. The first-order valence-electron chi connectivity index (χ1n) is 6.44. The fraction of sp³-hybridized carbons (Fsp3) is 0.200. The van der Waals surface area contributed by atoms with Crippen molar-refractivity contribution in [2.75, 3.05) is 0 Å². The predicted octanol–water partition coefficient (Wildman–Crippen LogP) is 4.41. The first-order chi connectivity index (χ1) is 11.0. The zero-order valence-electron chi connectivity index (χ0n) is 11.7. The summed E-state index contributed by atoms with van der Waals surface area (Å²) >= 11 is 0. The summed E-state index contributed by atoms with van der Waals surface area (Å²) < 4.78 is 77.2. The Morgan fingerprint density at radius 1 is 1.00 bits per heavy atom. The van der Waals surface area contributed by atoms with Crippen LogP contribution >= 0.6 is 0 Å². The summed E-state index contributed by atoms with van der Waals surface area (Å²) in [5.74, 6) is -1.50. The molecule has 0 radical (unpaired) electrons. The lowest BCUT2D eigenvalue weighted by Gasteiger charge is -2.14. The van der Waals surface area contributed by atoms with Crippen molar-refractivity contribution in [3.05, 3.63) is 53.3 Å². The van der Waals surface area contributed by atoms with Gasteiger partial charge >= 0.3 is 18.3 Å². The SMILES string of the molecule is O=C(O)Cc1ncc(-c2cccc(C(F)(F)F)c2)cc1C(F)(F)F. The standard InChI is InChI=1S/C15H9F6NO2/c16-14(17,18)10-3-1-2-8(4-10)9-5-11(15(19,20)21)12(22-7-9)6-13(23)24/h1-5,7H,6H2,(H,23,24). The Labute approximate surface area is 131 Å². The molecule has 0 saturated carbocycles. The van der Waals surface area contributed by atoms with E-state index >= 15 is 0 Å². The maximum absolute atomic E-state index is 13.1. The summed E-state index contributed by atoms with van der Waals surface area (Å²) in [5, 5.41) is 8.64.